The third-order valence-corrected chi connectivity index (χ3v) is 2.48. The monoisotopic (exact) mass is 253 g/mol. The first-order valence-electron chi connectivity index (χ1n) is 5.30. The molecule has 1 atom stereocenters. The van der Waals surface area contributed by atoms with Gasteiger partial charge < -0.3 is 10.4 Å². The Kier molecular flexibility index (Phi) is 5.56. The molecule has 0 bridgehead atoms. The van der Waals surface area contributed by atoms with Crippen molar-refractivity contribution in [2.75, 3.05) is 5.75 Å². The molecule has 1 aromatic rings. The summed E-state index contributed by atoms with van der Waals surface area (Å²) in [5.74, 6) is -0.909. The number of amides is 1. The van der Waals surface area contributed by atoms with Crippen molar-refractivity contribution in [1.82, 2.24) is 5.32 Å². The first kappa shape index (κ1) is 13.6. The largest absolute Gasteiger partial charge is 0.480 e. The van der Waals surface area contributed by atoms with Crippen LogP contribution in [0.5, 0.6) is 0 Å². The lowest BCUT2D eigenvalue weighted by atomic mass is 10.1. The van der Waals surface area contributed by atoms with Gasteiger partial charge in [-0.1, -0.05) is 30.3 Å². The lowest BCUT2D eigenvalue weighted by Crippen LogP contribution is -2.42. The maximum atomic E-state index is 11.3. The molecule has 1 aromatic carbocycles. The van der Waals surface area contributed by atoms with Crippen LogP contribution in [0.2, 0.25) is 0 Å². The first-order valence-corrected chi connectivity index (χ1v) is 5.93. The number of carbonyl (C=O) groups is 2. The van der Waals surface area contributed by atoms with Gasteiger partial charge in [0.1, 0.15) is 6.04 Å². The summed E-state index contributed by atoms with van der Waals surface area (Å²) in [6.45, 7) is 0. The number of rotatable bonds is 6. The molecule has 0 fully saturated rings. The number of carboxylic acid groups (broad SMARTS) is 1. The van der Waals surface area contributed by atoms with Gasteiger partial charge in [-0.05, 0) is 11.3 Å². The van der Waals surface area contributed by atoms with E-state index < -0.39 is 12.0 Å². The minimum atomic E-state index is -1.03. The van der Waals surface area contributed by atoms with Gasteiger partial charge in [0.15, 0.2) is 0 Å². The van der Waals surface area contributed by atoms with Gasteiger partial charge in [0.25, 0.3) is 0 Å². The predicted molar refractivity (Wildman–Crippen MR) is 68.2 cm³/mol. The molecule has 0 heterocycles. The zero-order chi connectivity index (χ0) is 12.7. The molecule has 0 unspecified atom stereocenters. The van der Waals surface area contributed by atoms with E-state index in [1.807, 2.05) is 30.3 Å². The van der Waals surface area contributed by atoms with E-state index in [9.17, 15) is 9.59 Å². The summed E-state index contributed by atoms with van der Waals surface area (Å²) in [6, 6.07) is 8.32. The molecule has 0 saturated carbocycles. The Morgan fingerprint density at radius 2 is 1.94 bits per heavy atom. The molecule has 0 aliphatic heterocycles. The van der Waals surface area contributed by atoms with Crippen LogP contribution in [-0.2, 0) is 16.0 Å². The van der Waals surface area contributed by atoms with E-state index >= 15 is 0 Å². The summed E-state index contributed by atoms with van der Waals surface area (Å²) in [6.07, 6.45) is 0.510. The summed E-state index contributed by atoms with van der Waals surface area (Å²) in [4.78, 5) is 22.3. The second-order valence-electron chi connectivity index (χ2n) is 3.62. The van der Waals surface area contributed by atoms with Gasteiger partial charge in [0.05, 0.1) is 0 Å². The average molecular weight is 253 g/mol. The van der Waals surface area contributed by atoms with Crippen molar-refractivity contribution in [2.45, 2.75) is 18.9 Å². The molecule has 0 aromatic heterocycles. The van der Waals surface area contributed by atoms with Crippen LogP contribution in [0.1, 0.15) is 12.0 Å². The van der Waals surface area contributed by atoms with Crippen molar-refractivity contribution in [3.8, 4) is 0 Å². The number of aliphatic carboxylic acids is 1. The zero-order valence-electron chi connectivity index (χ0n) is 9.30. The molecule has 0 saturated heterocycles. The lowest BCUT2D eigenvalue weighted by molar-refractivity contribution is -0.141. The Labute approximate surface area is 105 Å². The molecule has 1 amide bonds. The molecule has 92 valence electrons. The molecule has 5 heteroatoms. The van der Waals surface area contributed by atoms with Gasteiger partial charge in [0.2, 0.25) is 5.91 Å². The maximum Gasteiger partial charge on any atom is 0.326 e. The van der Waals surface area contributed by atoms with Crippen LogP contribution in [0, 0.1) is 0 Å². The summed E-state index contributed by atoms with van der Waals surface area (Å²) in [5.41, 5.74) is 0.881. The van der Waals surface area contributed by atoms with Crippen molar-refractivity contribution >= 4 is 24.5 Å². The molecular weight excluding hydrogens is 238 g/mol. The van der Waals surface area contributed by atoms with Gasteiger partial charge in [-0.15, -0.1) is 0 Å². The Morgan fingerprint density at radius 3 is 2.47 bits per heavy atom. The van der Waals surface area contributed by atoms with Crippen LogP contribution in [0.3, 0.4) is 0 Å². The lowest BCUT2D eigenvalue weighted by Gasteiger charge is -2.14. The van der Waals surface area contributed by atoms with Crippen LogP contribution in [-0.4, -0.2) is 28.8 Å². The van der Waals surface area contributed by atoms with Crippen LogP contribution >= 0.6 is 12.6 Å². The smallest absolute Gasteiger partial charge is 0.326 e. The number of carboxylic acids is 1. The SMILES string of the molecule is O=C(CCS)N[C@H](Cc1ccccc1)C(=O)O. The second kappa shape index (κ2) is 6.96. The van der Waals surface area contributed by atoms with E-state index in [2.05, 4.69) is 17.9 Å². The molecule has 1 rings (SSSR count). The summed E-state index contributed by atoms with van der Waals surface area (Å²) in [7, 11) is 0. The average Bonchev–Trinajstić information content (AvgIpc) is 2.29. The van der Waals surface area contributed by atoms with Crippen molar-refractivity contribution in [1.29, 1.82) is 0 Å². The van der Waals surface area contributed by atoms with E-state index in [4.69, 9.17) is 5.11 Å². The highest BCUT2D eigenvalue weighted by atomic mass is 32.1. The predicted octanol–water partition coefficient (Wildman–Crippen LogP) is 1.12. The molecule has 4 nitrogen and oxygen atoms in total. The van der Waals surface area contributed by atoms with Crippen molar-refractivity contribution < 1.29 is 14.7 Å². The number of benzene rings is 1. The van der Waals surface area contributed by atoms with Crippen LogP contribution in [0.25, 0.3) is 0 Å². The summed E-state index contributed by atoms with van der Waals surface area (Å²) < 4.78 is 0. The molecule has 0 radical (unpaired) electrons. The molecule has 0 aliphatic rings. The fourth-order valence-corrected chi connectivity index (χ4v) is 1.62. The fraction of sp³-hybridized carbons (Fsp3) is 0.333. The van der Waals surface area contributed by atoms with Crippen LogP contribution < -0.4 is 5.32 Å². The second-order valence-corrected chi connectivity index (χ2v) is 4.07. The van der Waals surface area contributed by atoms with E-state index in [0.717, 1.165) is 5.56 Å². The van der Waals surface area contributed by atoms with E-state index in [0.29, 0.717) is 5.75 Å². The summed E-state index contributed by atoms with van der Waals surface area (Å²) >= 11 is 3.93. The van der Waals surface area contributed by atoms with Crippen LogP contribution in [0.4, 0.5) is 0 Å². The molecule has 2 N–H and O–H groups in total. The highest BCUT2D eigenvalue weighted by molar-refractivity contribution is 7.80. The Morgan fingerprint density at radius 1 is 1.29 bits per heavy atom. The topological polar surface area (TPSA) is 66.4 Å². The Hall–Kier alpha value is -1.49. The normalized spacial score (nSPS) is 11.8. The number of thiol groups is 1. The van der Waals surface area contributed by atoms with E-state index in [1.54, 1.807) is 0 Å². The number of nitrogens with one attached hydrogen (secondary N) is 1. The van der Waals surface area contributed by atoms with Gasteiger partial charge in [0, 0.05) is 12.8 Å². The van der Waals surface area contributed by atoms with Gasteiger partial charge in [-0.3, -0.25) is 4.79 Å². The number of hydrogen-bond donors (Lipinski definition) is 3. The Balaban J connectivity index is 2.61. The first-order chi connectivity index (χ1) is 8.13. The highest BCUT2D eigenvalue weighted by Crippen LogP contribution is 2.03. The zero-order valence-corrected chi connectivity index (χ0v) is 10.2. The minimum absolute atomic E-state index is 0.224. The summed E-state index contributed by atoms with van der Waals surface area (Å²) in [5, 5.41) is 11.5. The third-order valence-electron chi connectivity index (χ3n) is 2.25. The maximum absolute atomic E-state index is 11.3. The van der Waals surface area contributed by atoms with Crippen LogP contribution in [0.15, 0.2) is 30.3 Å². The molecule has 0 aliphatic carbocycles. The molecular formula is C12H15NO3S. The third kappa shape index (κ3) is 4.91. The Bertz CT molecular complexity index is 381. The van der Waals surface area contributed by atoms with E-state index in [-0.39, 0.29) is 18.7 Å². The van der Waals surface area contributed by atoms with Gasteiger partial charge in [-0.2, -0.15) is 12.6 Å². The van der Waals surface area contributed by atoms with Gasteiger partial charge >= 0.3 is 5.97 Å². The van der Waals surface area contributed by atoms with Gasteiger partial charge in [-0.25, -0.2) is 4.79 Å². The number of hydrogen-bond acceptors (Lipinski definition) is 3. The molecule has 0 spiro atoms. The fourth-order valence-electron chi connectivity index (χ4n) is 1.42. The van der Waals surface area contributed by atoms with E-state index in [1.165, 1.54) is 0 Å². The minimum Gasteiger partial charge on any atom is -0.480 e. The molecule has 17 heavy (non-hydrogen) atoms. The standard InChI is InChI=1S/C12H15NO3S/c14-11(6-7-17)13-10(12(15)16)8-9-4-2-1-3-5-9/h1-5,10,17H,6-8H2,(H,13,14)(H,15,16)/t10-/m1/s1. The number of carbonyl (C=O) groups excluding carboxylic acids is 1. The van der Waals surface area contributed by atoms with Crippen molar-refractivity contribution in [3.05, 3.63) is 35.9 Å². The van der Waals surface area contributed by atoms with Crippen molar-refractivity contribution in [2.24, 2.45) is 0 Å². The highest BCUT2D eigenvalue weighted by Gasteiger charge is 2.19. The quantitative estimate of drug-likeness (QED) is 0.666. The van der Waals surface area contributed by atoms with Crippen molar-refractivity contribution in [3.63, 3.8) is 0 Å².